The summed E-state index contributed by atoms with van der Waals surface area (Å²) in [5.41, 5.74) is 1.20. The van der Waals surface area contributed by atoms with Crippen molar-refractivity contribution in [2.24, 2.45) is 0 Å². The van der Waals surface area contributed by atoms with Crippen LogP contribution in [-0.4, -0.2) is 49.8 Å². The van der Waals surface area contributed by atoms with Crippen molar-refractivity contribution in [2.45, 2.75) is 49.3 Å². The predicted octanol–water partition coefficient (Wildman–Crippen LogP) is 4.97. The molecule has 0 bridgehead atoms. The maximum Gasteiger partial charge on any atom is 0.409 e. The molecule has 38 heavy (non-hydrogen) atoms. The number of carbonyl (C=O) groups is 1. The molecule has 1 N–H and O–H groups in total. The van der Waals surface area contributed by atoms with Crippen LogP contribution in [0.4, 0.5) is 28.0 Å². The van der Waals surface area contributed by atoms with Gasteiger partial charge in [-0.2, -0.15) is 18.3 Å². The van der Waals surface area contributed by atoms with Crippen LogP contribution in [0.15, 0.2) is 53.6 Å². The lowest BCUT2D eigenvalue weighted by molar-refractivity contribution is -0.149. The molecule has 2 atom stereocenters. The van der Waals surface area contributed by atoms with Crippen molar-refractivity contribution in [3.63, 3.8) is 0 Å². The van der Waals surface area contributed by atoms with Crippen LogP contribution in [0.25, 0.3) is 5.69 Å². The molecule has 2 aromatic carbocycles. The highest BCUT2D eigenvalue weighted by Gasteiger charge is 2.49. The lowest BCUT2D eigenvalue weighted by atomic mass is 10.00. The van der Waals surface area contributed by atoms with Crippen molar-refractivity contribution in [1.29, 1.82) is 0 Å². The van der Waals surface area contributed by atoms with E-state index >= 15 is 0 Å². The summed E-state index contributed by atoms with van der Waals surface area (Å²) in [4.78, 5) is 14.0. The monoisotopic (exact) mass is 554 g/mol. The fourth-order valence-corrected chi connectivity index (χ4v) is 5.44. The summed E-state index contributed by atoms with van der Waals surface area (Å²) < 4.78 is 86.6. The van der Waals surface area contributed by atoms with Gasteiger partial charge in [-0.3, -0.25) is 4.90 Å². The van der Waals surface area contributed by atoms with Gasteiger partial charge in [0.15, 0.2) is 9.84 Å². The van der Waals surface area contributed by atoms with E-state index in [-0.39, 0.29) is 29.2 Å². The Bertz CT molecular complexity index is 1440. The average Bonchev–Trinajstić information content (AvgIpc) is 3.29. The Hall–Kier alpha value is -3.61. The van der Waals surface area contributed by atoms with E-state index in [9.17, 15) is 30.8 Å². The van der Waals surface area contributed by atoms with Gasteiger partial charge in [0.25, 0.3) is 0 Å². The first-order chi connectivity index (χ1) is 17.8. The number of methoxy groups -OCH3 is 1. The van der Waals surface area contributed by atoms with Gasteiger partial charge in [-0.25, -0.2) is 22.3 Å². The summed E-state index contributed by atoms with van der Waals surface area (Å²) in [6.45, 7) is 1.71. The van der Waals surface area contributed by atoms with Crippen LogP contribution in [-0.2, 0) is 16.3 Å². The Morgan fingerprint density at radius 2 is 1.89 bits per heavy atom. The van der Waals surface area contributed by atoms with Gasteiger partial charge in [0.05, 0.1) is 36.4 Å². The zero-order chi connectivity index (χ0) is 27.8. The number of nitrogens with zero attached hydrogens (tertiary/aromatic N) is 3. The molecule has 1 aromatic heterocycles. The number of carbonyl (C=O) groups excluding carboxylic acids is 1. The normalized spacial score (nSPS) is 16.6. The minimum Gasteiger partial charge on any atom is -0.495 e. The summed E-state index contributed by atoms with van der Waals surface area (Å²) in [5.74, 6) is -0.362. The van der Waals surface area contributed by atoms with Crippen molar-refractivity contribution < 1.29 is 35.5 Å². The maximum absolute atomic E-state index is 14.1. The van der Waals surface area contributed by atoms with Gasteiger partial charge in [0.1, 0.15) is 22.5 Å². The van der Waals surface area contributed by atoms with Crippen LogP contribution in [0, 0.1) is 5.82 Å². The molecule has 8 nitrogen and oxygen atoms in total. The van der Waals surface area contributed by atoms with Gasteiger partial charge in [-0.1, -0.05) is 13.0 Å². The third-order valence-electron chi connectivity index (χ3n) is 6.44. The van der Waals surface area contributed by atoms with E-state index in [1.165, 1.54) is 54.4 Å². The zero-order valence-corrected chi connectivity index (χ0v) is 21.6. The van der Waals surface area contributed by atoms with E-state index in [1.54, 1.807) is 13.0 Å². The Morgan fingerprint density at radius 1 is 1.21 bits per heavy atom. The van der Waals surface area contributed by atoms with E-state index in [4.69, 9.17) is 4.74 Å². The van der Waals surface area contributed by atoms with Gasteiger partial charge >= 0.3 is 12.2 Å². The number of sulfone groups is 1. The van der Waals surface area contributed by atoms with Crippen LogP contribution in [0.1, 0.15) is 37.1 Å². The molecule has 1 aliphatic heterocycles. The number of aromatic nitrogens is 2. The molecule has 0 saturated carbocycles. The zero-order valence-electron chi connectivity index (χ0n) is 20.8. The molecule has 2 amide bonds. The number of ether oxygens (including phenoxy) is 1. The molecule has 3 aromatic rings. The Kier molecular flexibility index (Phi) is 7.42. The lowest BCUT2D eigenvalue weighted by Crippen LogP contribution is -2.55. The number of hydrogen-bond acceptors (Lipinski definition) is 5. The summed E-state index contributed by atoms with van der Waals surface area (Å²) in [7, 11) is -2.37. The summed E-state index contributed by atoms with van der Waals surface area (Å²) >= 11 is 0. The third kappa shape index (κ3) is 5.33. The second-order valence-electron chi connectivity index (χ2n) is 8.92. The van der Waals surface area contributed by atoms with Crippen molar-refractivity contribution in [3.05, 3.63) is 65.7 Å². The van der Waals surface area contributed by atoms with Crippen LogP contribution in [0.5, 0.6) is 5.75 Å². The van der Waals surface area contributed by atoms with E-state index in [0.717, 1.165) is 6.26 Å². The number of rotatable bonds is 6. The third-order valence-corrected chi connectivity index (χ3v) is 7.55. The summed E-state index contributed by atoms with van der Waals surface area (Å²) in [5, 5.41) is 6.82. The predicted molar refractivity (Wildman–Crippen MR) is 132 cm³/mol. The number of urea groups is 1. The van der Waals surface area contributed by atoms with Crippen molar-refractivity contribution in [3.8, 4) is 11.4 Å². The minimum atomic E-state index is -4.71. The standard InChI is InChI=1S/C25H26F4N4O4S/c1-4-18(15-5-11-21(37-2)22(13-15)38(3,35)36)31-24(34)32-20-14-30-33(17-8-6-16(26)7-9-17)19(20)10-12-23(32)25(27,28)29/h5-9,11,13-14,18,23H,4,10,12H2,1-3H3,(H,31,34)/t18-,23?/m0/s1. The molecule has 2 heterocycles. The topological polar surface area (TPSA) is 93.5 Å². The first-order valence-electron chi connectivity index (χ1n) is 11.7. The highest BCUT2D eigenvalue weighted by Crippen LogP contribution is 2.39. The molecule has 0 fully saturated rings. The molecular formula is C25H26F4N4O4S. The van der Waals surface area contributed by atoms with Gasteiger partial charge in [-0.05, 0) is 61.2 Å². The number of hydrogen-bond donors (Lipinski definition) is 1. The SMILES string of the molecule is CC[C@H](NC(=O)N1c2cnn(-c3ccc(F)cc3)c2CCC1C(F)(F)F)c1ccc(OC)c(S(C)(=O)=O)c1. The summed E-state index contributed by atoms with van der Waals surface area (Å²) in [6, 6.07) is 5.75. The van der Waals surface area contributed by atoms with E-state index < -0.39 is 46.4 Å². The molecule has 0 saturated heterocycles. The van der Waals surface area contributed by atoms with Gasteiger partial charge in [-0.15, -0.1) is 0 Å². The number of nitrogens with one attached hydrogen (secondary N) is 1. The van der Waals surface area contributed by atoms with E-state index in [0.29, 0.717) is 21.8 Å². The number of benzene rings is 2. The minimum absolute atomic E-state index is 0.00588. The van der Waals surface area contributed by atoms with E-state index in [2.05, 4.69) is 10.4 Å². The van der Waals surface area contributed by atoms with Crippen molar-refractivity contribution >= 4 is 21.6 Å². The number of anilines is 1. The molecule has 0 aliphatic carbocycles. The molecule has 13 heteroatoms. The second kappa shape index (κ2) is 10.3. The van der Waals surface area contributed by atoms with Crippen LogP contribution >= 0.6 is 0 Å². The molecule has 1 unspecified atom stereocenters. The largest absolute Gasteiger partial charge is 0.495 e. The fraction of sp³-hybridized carbons (Fsp3) is 0.360. The van der Waals surface area contributed by atoms with Crippen LogP contribution in [0.3, 0.4) is 0 Å². The Morgan fingerprint density at radius 3 is 2.47 bits per heavy atom. The molecule has 0 radical (unpaired) electrons. The second-order valence-corrected chi connectivity index (χ2v) is 10.9. The number of halogens is 4. The Balaban J connectivity index is 1.71. The quantitative estimate of drug-likeness (QED) is 0.435. The van der Waals surface area contributed by atoms with E-state index in [1.807, 2.05) is 0 Å². The molecule has 4 rings (SSSR count). The molecule has 0 spiro atoms. The smallest absolute Gasteiger partial charge is 0.409 e. The highest BCUT2D eigenvalue weighted by atomic mass is 32.2. The summed E-state index contributed by atoms with van der Waals surface area (Å²) in [6.07, 6.45) is -2.64. The molecular weight excluding hydrogens is 528 g/mol. The highest BCUT2D eigenvalue weighted by molar-refractivity contribution is 7.90. The maximum atomic E-state index is 14.1. The molecule has 1 aliphatic rings. The van der Waals surface area contributed by atoms with Gasteiger partial charge in [0.2, 0.25) is 0 Å². The average molecular weight is 555 g/mol. The first-order valence-corrected chi connectivity index (χ1v) is 13.6. The number of fused-ring (bicyclic) bond motifs is 1. The number of alkyl halides is 3. The number of amides is 2. The molecule has 204 valence electrons. The van der Waals surface area contributed by atoms with Crippen molar-refractivity contribution in [2.75, 3.05) is 18.3 Å². The van der Waals surface area contributed by atoms with Crippen LogP contribution in [0.2, 0.25) is 0 Å². The van der Waals surface area contributed by atoms with Gasteiger partial charge < -0.3 is 10.1 Å². The van der Waals surface area contributed by atoms with Crippen molar-refractivity contribution in [1.82, 2.24) is 15.1 Å². The lowest BCUT2D eigenvalue weighted by Gasteiger charge is -2.37. The first kappa shape index (κ1) is 27.4. The Labute approximate surface area is 217 Å². The van der Waals surface area contributed by atoms with Crippen LogP contribution < -0.4 is 15.0 Å². The van der Waals surface area contributed by atoms with Gasteiger partial charge in [0, 0.05) is 6.26 Å². The fourth-order valence-electron chi connectivity index (χ4n) is 4.58.